The van der Waals surface area contributed by atoms with Crippen molar-refractivity contribution in [1.29, 1.82) is 0 Å². The maximum atomic E-state index is 14.0. The number of methoxy groups -OCH3 is 1. The Morgan fingerprint density at radius 3 is 1.87 bits per heavy atom. The van der Waals surface area contributed by atoms with E-state index < -0.39 is 53.4 Å². The van der Waals surface area contributed by atoms with Crippen molar-refractivity contribution in [2.45, 2.75) is 32.7 Å². The first-order chi connectivity index (χ1) is 18.7. The summed E-state index contributed by atoms with van der Waals surface area (Å²) in [6.07, 6.45) is -0.554. The molecular formula is C28H30ClNO9. The predicted molar refractivity (Wildman–Crippen MR) is 140 cm³/mol. The fraction of sp³-hybridized carbons (Fsp3) is 0.393. The van der Waals surface area contributed by atoms with Crippen LogP contribution in [0, 0.1) is 11.8 Å². The minimum absolute atomic E-state index is 0.0746. The molecular weight excluding hydrogens is 530 g/mol. The zero-order valence-electron chi connectivity index (χ0n) is 22.1. The van der Waals surface area contributed by atoms with Gasteiger partial charge in [-0.3, -0.25) is 19.3 Å². The van der Waals surface area contributed by atoms with Crippen LogP contribution in [-0.2, 0) is 33.4 Å². The lowest BCUT2D eigenvalue weighted by Gasteiger charge is -2.37. The van der Waals surface area contributed by atoms with Crippen molar-refractivity contribution < 1.29 is 42.9 Å². The van der Waals surface area contributed by atoms with Gasteiger partial charge in [-0.25, -0.2) is 9.59 Å². The maximum Gasteiger partial charge on any atom is 0.344 e. The molecule has 0 unspecified atom stereocenters. The van der Waals surface area contributed by atoms with Gasteiger partial charge in [0.1, 0.15) is 11.7 Å². The Kier molecular flexibility index (Phi) is 9.69. The predicted octanol–water partition coefficient (Wildman–Crippen LogP) is 3.63. The lowest BCUT2D eigenvalue weighted by Crippen LogP contribution is -2.63. The van der Waals surface area contributed by atoms with Crippen LogP contribution >= 0.6 is 11.6 Å². The van der Waals surface area contributed by atoms with Crippen molar-refractivity contribution in [3.63, 3.8) is 0 Å². The molecule has 0 saturated carbocycles. The summed E-state index contributed by atoms with van der Waals surface area (Å²) in [5, 5.41) is 0.394. The van der Waals surface area contributed by atoms with Gasteiger partial charge in [-0.1, -0.05) is 11.6 Å². The van der Waals surface area contributed by atoms with Gasteiger partial charge in [-0.15, -0.1) is 0 Å². The molecule has 208 valence electrons. The molecule has 2 aromatic rings. The highest BCUT2D eigenvalue weighted by Gasteiger charge is 2.72. The number of amides is 1. The summed E-state index contributed by atoms with van der Waals surface area (Å²) in [5.74, 6) is -7.45. The van der Waals surface area contributed by atoms with E-state index in [1.165, 1.54) is 69.5 Å². The number of halogens is 1. The van der Waals surface area contributed by atoms with Crippen molar-refractivity contribution in [1.82, 2.24) is 0 Å². The Balaban J connectivity index is 2.30. The summed E-state index contributed by atoms with van der Waals surface area (Å²) in [7, 11) is 1.45. The number of hydrogen-bond acceptors (Lipinski definition) is 9. The number of ether oxygens (including phenoxy) is 4. The van der Waals surface area contributed by atoms with E-state index >= 15 is 0 Å². The molecule has 0 radical (unpaired) electrons. The van der Waals surface area contributed by atoms with Crippen LogP contribution in [0.25, 0.3) is 0 Å². The summed E-state index contributed by atoms with van der Waals surface area (Å²) < 4.78 is 21.0. The van der Waals surface area contributed by atoms with Gasteiger partial charge in [-0.2, -0.15) is 0 Å². The molecule has 2 aromatic carbocycles. The Hall–Kier alpha value is -3.92. The third-order valence-electron chi connectivity index (χ3n) is 6.39. The Labute approximate surface area is 231 Å². The van der Waals surface area contributed by atoms with Crippen LogP contribution in [0.4, 0.5) is 5.69 Å². The average Bonchev–Trinajstić information content (AvgIpc) is 3.18. The first-order valence-electron chi connectivity index (χ1n) is 12.4. The van der Waals surface area contributed by atoms with E-state index in [9.17, 15) is 24.0 Å². The summed E-state index contributed by atoms with van der Waals surface area (Å²) in [4.78, 5) is 69.3. The second-order valence-corrected chi connectivity index (χ2v) is 8.99. The Bertz CT molecular complexity index is 1210. The highest BCUT2D eigenvalue weighted by molar-refractivity contribution is 6.30. The first kappa shape index (κ1) is 29.6. The van der Waals surface area contributed by atoms with Crippen molar-refractivity contribution in [3.05, 3.63) is 59.1 Å². The SMILES string of the molecule is CCOC(=O)[C@H]1C(=O)N(c2ccc(OC)cc2)C(C(=O)OCC)(C(=O)OCC)[C@@H]1CC(=O)c1ccc(Cl)cc1. The average molecular weight is 560 g/mol. The van der Waals surface area contributed by atoms with E-state index in [2.05, 4.69) is 0 Å². The number of esters is 3. The number of Topliss-reactive ketones (excluding diaryl/α,β-unsaturated/α-hetero) is 1. The van der Waals surface area contributed by atoms with Crippen LogP contribution in [0.3, 0.4) is 0 Å². The third-order valence-corrected chi connectivity index (χ3v) is 6.65. The van der Waals surface area contributed by atoms with Gasteiger partial charge >= 0.3 is 17.9 Å². The third kappa shape index (κ3) is 5.61. The zero-order chi connectivity index (χ0) is 28.7. The second kappa shape index (κ2) is 12.8. The van der Waals surface area contributed by atoms with Crippen LogP contribution in [0.5, 0.6) is 5.75 Å². The van der Waals surface area contributed by atoms with E-state index in [0.717, 1.165) is 4.90 Å². The minimum Gasteiger partial charge on any atom is -0.497 e. The summed E-state index contributed by atoms with van der Waals surface area (Å²) in [6, 6.07) is 11.9. The van der Waals surface area contributed by atoms with Gasteiger partial charge in [0, 0.05) is 28.6 Å². The molecule has 1 amide bonds. The number of carbonyl (C=O) groups excluding carboxylic acids is 5. The van der Waals surface area contributed by atoms with Crippen LogP contribution in [0.15, 0.2) is 48.5 Å². The van der Waals surface area contributed by atoms with E-state index in [1.807, 2.05) is 0 Å². The summed E-state index contributed by atoms with van der Waals surface area (Å²) in [5.41, 5.74) is -2.20. The molecule has 1 heterocycles. The lowest BCUT2D eigenvalue weighted by molar-refractivity contribution is -0.167. The molecule has 11 heteroatoms. The molecule has 1 aliphatic heterocycles. The number of rotatable bonds is 11. The first-order valence-corrected chi connectivity index (χ1v) is 12.8. The number of carbonyl (C=O) groups is 5. The molecule has 0 aromatic heterocycles. The van der Waals surface area contributed by atoms with Gasteiger partial charge in [0.2, 0.25) is 11.4 Å². The summed E-state index contributed by atoms with van der Waals surface area (Å²) >= 11 is 5.96. The van der Waals surface area contributed by atoms with Gasteiger partial charge in [0.15, 0.2) is 5.78 Å². The normalized spacial score (nSPS) is 17.9. The highest BCUT2D eigenvalue weighted by Crippen LogP contribution is 2.48. The number of nitrogens with zero attached hydrogens (tertiary/aromatic N) is 1. The number of anilines is 1. The molecule has 1 aliphatic rings. The molecule has 1 fully saturated rings. The summed E-state index contributed by atoms with van der Waals surface area (Å²) in [6.45, 7) is 4.24. The molecule has 1 saturated heterocycles. The van der Waals surface area contributed by atoms with Gasteiger partial charge in [-0.05, 0) is 69.3 Å². The fourth-order valence-electron chi connectivity index (χ4n) is 4.72. The highest BCUT2D eigenvalue weighted by atomic mass is 35.5. The van der Waals surface area contributed by atoms with E-state index in [0.29, 0.717) is 10.8 Å². The maximum absolute atomic E-state index is 14.0. The molecule has 10 nitrogen and oxygen atoms in total. The molecule has 0 aliphatic carbocycles. The van der Waals surface area contributed by atoms with Crippen molar-refractivity contribution in [2.24, 2.45) is 11.8 Å². The lowest BCUT2D eigenvalue weighted by atomic mass is 9.75. The second-order valence-electron chi connectivity index (χ2n) is 8.55. The number of ketones is 1. The molecule has 0 spiro atoms. The van der Waals surface area contributed by atoms with Gasteiger partial charge in [0.05, 0.1) is 26.9 Å². The smallest absolute Gasteiger partial charge is 0.344 e. The van der Waals surface area contributed by atoms with Crippen molar-refractivity contribution in [3.8, 4) is 5.75 Å². The van der Waals surface area contributed by atoms with Gasteiger partial charge < -0.3 is 18.9 Å². The van der Waals surface area contributed by atoms with Crippen LogP contribution in [-0.4, -0.2) is 62.1 Å². The van der Waals surface area contributed by atoms with Crippen LogP contribution in [0.2, 0.25) is 5.02 Å². The number of hydrogen-bond donors (Lipinski definition) is 0. The van der Waals surface area contributed by atoms with E-state index in [-0.39, 0.29) is 31.1 Å². The van der Waals surface area contributed by atoms with Crippen molar-refractivity contribution >= 4 is 46.9 Å². The van der Waals surface area contributed by atoms with E-state index in [4.69, 9.17) is 30.5 Å². The van der Waals surface area contributed by atoms with Crippen LogP contribution < -0.4 is 9.64 Å². The number of benzene rings is 2. The monoisotopic (exact) mass is 559 g/mol. The Morgan fingerprint density at radius 2 is 1.38 bits per heavy atom. The zero-order valence-corrected chi connectivity index (χ0v) is 22.9. The van der Waals surface area contributed by atoms with Crippen molar-refractivity contribution in [2.75, 3.05) is 31.8 Å². The molecule has 0 N–H and O–H groups in total. The Morgan fingerprint density at radius 1 is 0.846 bits per heavy atom. The fourth-order valence-corrected chi connectivity index (χ4v) is 4.85. The minimum atomic E-state index is -2.50. The molecule has 39 heavy (non-hydrogen) atoms. The molecule has 3 rings (SSSR count). The van der Waals surface area contributed by atoms with E-state index in [1.54, 1.807) is 6.92 Å². The molecule has 0 bridgehead atoms. The largest absolute Gasteiger partial charge is 0.497 e. The molecule has 2 atom stereocenters. The topological polar surface area (TPSA) is 126 Å². The quantitative estimate of drug-likeness (QED) is 0.175. The van der Waals surface area contributed by atoms with Gasteiger partial charge in [0.25, 0.3) is 0 Å². The standard InChI is InChI=1S/C28H30ClNO9/c1-5-37-25(33)23-21(16-22(31)17-8-10-18(29)11-9-17)28(26(34)38-6-2,27(35)39-7-3)30(24(23)32)19-12-14-20(36-4)15-13-19/h8-15,21,23H,5-7,16H2,1-4H3/t21-,23-/m1/s1. The van der Waals surface area contributed by atoms with Crippen LogP contribution in [0.1, 0.15) is 37.6 Å².